The zero-order valence-corrected chi connectivity index (χ0v) is 11.6. The van der Waals surface area contributed by atoms with Crippen molar-refractivity contribution in [1.82, 2.24) is 0 Å². The van der Waals surface area contributed by atoms with Crippen molar-refractivity contribution < 1.29 is 5.11 Å². The minimum atomic E-state index is 0.279. The van der Waals surface area contributed by atoms with Crippen molar-refractivity contribution in [3.8, 4) is 5.75 Å². The van der Waals surface area contributed by atoms with Gasteiger partial charge in [-0.25, -0.2) is 0 Å². The molecule has 19 heavy (non-hydrogen) atoms. The van der Waals surface area contributed by atoms with Crippen LogP contribution in [0.25, 0.3) is 5.57 Å². The van der Waals surface area contributed by atoms with Gasteiger partial charge in [0, 0.05) is 11.3 Å². The van der Waals surface area contributed by atoms with E-state index in [1.165, 1.54) is 5.56 Å². The molecule has 98 valence electrons. The van der Waals surface area contributed by atoms with Gasteiger partial charge in [-0.05, 0) is 44.0 Å². The second-order valence-corrected chi connectivity index (χ2v) is 4.92. The van der Waals surface area contributed by atoms with Crippen LogP contribution in [0.1, 0.15) is 23.6 Å². The third kappa shape index (κ3) is 2.79. The fourth-order valence-electron chi connectivity index (χ4n) is 1.96. The first kappa shape index (κ1) is 13.2. The Balaban J connectivity index is 2.46. The van der Waals surface area contributed by atoms with Crippen LogP contribution in [0.15, 0.2) is 43.0 Å². The molecular weight excluding hydrogens is 234 g/mol. The van der Waals surface area contributed by atoms with Gasteiger partial charge < -0.3 is 10.4 Å². The summed E-state index contributed by atoms with van der Waals surface area (Å²) in [5, 5.41) is 13.5. The molecule has 0 aliphatic heterocycles. The fraction of sp³-hybridized carbons (Fsp3) is 0.176. The smallest absolute Gasteiger partial charge is 0.142 e. The van der Waals surface area contributed by atoms with Gasteiger partial charge in [0.05, 0.1) is 5.69 Å². The van der Waals surface area contributed by atoms with Gasteiger partial charge >= 0.3 is 0 Å². The van der Waals surface area contributed by atoms with Gasteiger partial charge in [0.15, 0.2) is 0 Å². The molecular formula is C17H19NO. The average molecular weight is 253 g/mol. The van der Waals surface area contributed by atoms with E-state index < -0.39 is 0 Å². The minimum Gasteiger partial charge on any atom is -0.505 e. The molecule has 2 N–H and O–H groups in total. The predicted molar refractivity (Wildman–Crippen MR) is 82.0 cm³/mol. The van der Waals surface area contributed by atoms with Crippen molar-refractivity contribution in [2.45, 2.75) is 20.8 Å². The highest BCUT2D eigenvalue weighted by molar-refractivity contribution is 5.82. The molecule has 2 aromatic carbocycles. The lowest BCUT2D eigenvalue weighted by molar-refractivity contribution is 0.473. The van der Waals surface area contributed by atoms with E-state index in [9.17, 15) is 5.11 Å². The lowest BCUT2D eigenvalue weighted by Crippen LogP contribution is -1.96. The lowest BCUT2D eigenvalue weighted by atomic mass is 10.0. The van der Waals surface area contributed by atoms with Crippen LogP contribution in [0.5, 0.6) is 5.75 Å². The van der Waals surface area contributed by atoms with E-state index in [-0.39, 0.29) is 5.75 Å². The Morgan fingerprint density at radius 3 is 2.26 bits per heavy atom. The Morgan fingerprint density at radius 2 is 1.68 bits per heavy atom. The second kappa shape index (κ2) is 5.19. The second-order valence-electron chi connectivity index (χ2n) is 4.92. The molecule has 2 rings (SSSR count). The van der Waals surface area contributed by atoms with Crippen LogP contribution in [0.2, 0.25) is 0 Å². The highest BCUT2D eigenvalue weighted by atomic mass is 16.3. The Hall–Kier alpha value is -2.22. The molecule has 0 amide bonds. The summed E-state index contributed by atoms with van der Waals surface area (Å²) in [7, 11) is 0. The number of hydrogen-bond donors (Lipinski definition) is 2. The van der Waals surface area contributed by atoms with Gasteiger partial charge in [-0.2, -0.15) is 0 Å². The van der Waals surface area contributed by atoms with Gasteiger partial charge in [0.2, 0.25) is 0 Å². The number of aromatic hydroxyl groups is 1. The maximum absolute atomic E-state index is 10.2. The molecule has 0 bridgehead atoms. The zero-order valence-electron chi connectivity index (χ0n) is 11.6. The van der Waals surface area contributed by atoms with Crippen LogP contribution >= 0.6 is 0 Å². The van der Waals surface area contributed by atoms with E-state index in [2.05, 4.69) is 11.9 Å². The molecule has 2 aromatic rings. The van der Waals surface area contributed by atoms with E-state index in [4.69, 9.17) is 0 Å². The number of allylic oxidation sites excluding steroid dienone is 1. The van der Waals surface area contributed by atoms with Crippen LogP contribution in [-0.4, -0.2) is 5.11 Å². The van der Waals surface area contributed by atoms with Crippen LogP contribution in [0, 0.1) is 13.8 Å². The molecule has 0 spiro atoms. The van der Waals surface area contributed by atoms with Crippen molar-refractivity contribution in [3.63, 3.8) is 0 Å². The van der Waals surface area contributed by atoms with E-state index >= 15 is 0 Å². The molecule has 0 saturated heterocycles. The molecule has 0 saturated carbocycles. The van der Waals surface area contributed by atoms with Crippen molar-refractivity contribution >= 4 is 16.9 Å². The number of phenols is 1. The first-order chi connectivity index (χ1) is 8.99. The Labute approximate surface area is 114 Å². The monoisotopic (exact) mass is 253 g/mol. The number of aryl methyl sites for hydroxylation is 2. The first-order valence-electron chi connectivity index (χ1n) is 6.31. The predicted octanol–water partition coefficient (Wildman–Crippen LogP) is 4.79. The maximum Gasteiger partial charge on any atom is 0.142 e. The van der Waals surface area contributed by atoms with Gasteiger partial charge in [-0.15, -0.1) is 0 Å². The fourth-order valence-corrected chi connectivity index (χ4v) is 1.96. The van der Waals surface area contributed by atoms with Crippen LogP contribution < -0.4 is 5.32 Å². The van der Waals surface area contributed by atoms with Gasteiger partial charge in [0.1, 0.15) is 5.75 Å². The van der Waals surface area contributed by atoms with Crippen LogP contribution in [-0.2, 0) is 0 Å². The zero-order chi connectivity index (χ0) is 14.0. The summed E-state index contributed by atoms with van der Waals surface area (Å²) in [6.45, 7) is 9.83. The Kier molecular flexibility index (Phi) is 3.61. The number of benzene rings is 2. The van der Waals surface area contributed by atoms with Crippen molar-refractivity contribution in [2.75, 3.05) is 5.32 Å². The topological polar surface area (TPSA) is 32.3 Å². The first-order valence-corrected chi connectivity index (χ1v) is 6.31. The van der Waals surface area contributed by atoms with Gasteiger partial charge in [-0.3, -0.25) is 0 Å². The quantitative estimate of drug-likeness (QED) is 0.771. The standard InChI is InChI=1S/C17H19NO/c1-11(2)15-10-7-13(4)17(19)16(15)18-14-8-5-12(3)6-9-14/h5-10,18-19H,1H2,2-4H3. The molecule has 0 aliphatic rings. The number of hydrogen-bond acceptors (Lipinski definition) is 2. The number of nitrogens with one attached hydrogen (secondary N) is 1. The summed E-state index contributed by atoms with van der Waals surface area (Å²) < 4.78 is 0. The lowest BCUT2D eigenvalue weighted by Gasteiger charge is -2.15. The summed E-state index contributed by atoms with van der Waals surface area (Å²) in [4.78, 5) is 0. The summed E-state index contributed by atoms with van der Waals surface area (Å²) >= 11 is 0. The summed E-state index contributed by atoms with van der Waals surface area (Å²) in [6, 6.07) is 12.0. The highest BCUT2D eigenvalue weighted by Gasteiger charge is 2.11. The van der Waals surface area contributed by atoms with Crippen molar-refractivity contribution in [1.29, 1.82) is 0 Å². The SMILES string of the molecule is C=C(C)c1ccc(C)c(O)c1Nc1ccc(C)cc1. The van der Waals surface area contributed by atoms with Crippen molar-refractivity contribution in [2.24, 2.45) is 0 Å². The molecule has 0 aromatic heterocycles. The molecule has 0 atom stereocenters. The summed E-state index contributed by atoms with van der Waals surface area (Å²) in [6.07, 6.45) is 0. The highest BCUT2D eigenvalue weighted by Crippen LogP contribution is 2.36. The van der Waals surface area contributed by atoms with E-state index in [0.717, 1.165) is 28.1 Å². The minimum absolute atomic E-state index is 0.279. The largest absolute Gasteiger partial charge is 0.505 e. The van der Waals surface area contributed by atoms with Gasteiger partial charge in [-0.1, -0.05) is 36.4 Å². The molecule has 2 nitrogen and oxygen atoms in total. The molecule has 0 fully saturated rings. The third-order valence-corrected chi connectivity index (χ3v) is 3.16. The number of anilines is 2. The Bertz CT molecular complexity index is 612. The van der Waals surface area contributed by atoms with Crippen LogP contribution in [0.4, 0.5) is 11.4 Å². The van der Waals surface area contributed by atoms with Gasteiger partial charge in [0.25, 0.3) is 0 Å². The third-order valence-electron chi connectivity index (χ3n) is 3.16. The van der Waals surface area contributed by atoms with Crippen LogP contribution in [0.3, 0.4) is 0 Å². The maximum atomic E-state index is 10.2. The molecule has 0 aliphatic carbocycles. The van der Waals surface area contributed by atoms with E-state index in [1.807, 2.05) is 57.2 Å². The average Bonchev–Trinajstić information content (AvgIpc) is 2.37. The molecule has 0 radical (unpaired) electrons. The number of phenolic OH excluding ortho intramolecular Hbond substituents is 1. The molecule has 0 unspecified atom stereocenters. The number of rotatable bonds is 3. The normalized spacial score (nSPS) is 10.3. The molecule has 0 heterocycles. The Morgan fingerprint density at radius 1 is 1.05 bits per heavy atom. The molecule has 2 heteroatoms. The van der Waals surface area contributed by atoms with Crippen molar-refractivity contribution in [3.05, 3.63) is 59.7 Å². The summed E-state index contributed by atoms with van der Waals surface area (Å²) in [5.41, 5.74) is 5.58. The van der Waals surface area contributed by atoms with E-state index in [0.29, 0.717) is 0 Å². The van der Waals surface area contributed by atoms with E-state index in [1.54, 1.807) is 0 Å². The summed E-state index contributed by atoms with van der Waals surface area (Å²) in [5.74, 6) is 0.279.